The molecule has 2 aliphatic rings. The fourth-order valence-corrected chi connectivity index (χ4v) is 2.84. The number of hydrogen-bond donors (Lipinski definition) is 2. The smallest absolute Gasteiger partial charge is 0.317 e. The second-order valence-electron chi connectivity index (χ2n) is 5.77. The lowest BCUT2D eigenvalue weighted by Gasteiger charge is -2.38. The maximum Gasteiger partial charge on any atom is 0.317 e. The van der Waals surface area contributed by atoms with Gasteiger partial charge in [0.05, 0.1) is 5.92 Å². The van der Waals surface area contributed by atoms with Crippen LogP contribution < -0.4 is 5.32 Å². The fourth-order valence-electron chi connectivity index (χ4n) is 2.84. The van der Waals surface area contributed by atoms with Gasteiger partial charge in [-0.25, -0.2) is 4.79 Å². The van der Waals surface area contributed by atoms with E-state index in [1.165, 1.54) is 0 Å². The van der Waals surface area contributed by atoms with Crippen LogP contribution in [-0.4, -0.2) is 65.7 Å². The summed E-state index contributed by atoms with van der Waals surface area (Å²) in [4.78, 5) is 27.1. The molecule has 1 aliphatic carbocycles. The van der Waals surface area contributed by atoms with Gasteiger partial charge in [0.1, 0.15) is 0 Å². The highest BCUT2D eigenvalue weighted by Crippen LogP contribution is 2.25. The zero-order valence-corrected chi connectivity index (χ0v) is 11.6. The van der Waals surface area contributed by atoms with E-state index in [-0.39, 0.29) is 18.0 Å². The van der Waals surface area contributed by atoms with Gasteiger partial charge in [0.15, 0.2) is 0 Å². The molecular formula is C13H23N3O3. The van der Waals surface area contributed by atoms with E-state index in [0.29, 0.717) is 18.9 Å². The summed E-state index contributed by atoms with van der Waals surface area (Å²) in [6.07, 6.45) is 2.00. The summed E-state index contributed by atoms with van der Waals surface area (Å²) >= 11 is 0. The maximum atomic E-state index is 12.1. The summed E-state index contributed by atoms with van der Waals surface area (Å²) in [6, 6.07) is 0.342. The number of likely N-dealkylation sites (N-methyl/N-ethyl adjacent to an activating group) is 1. The second-order valence-corrected chi connectivity index (χ2v) is 5.77. The molecule has 1 aliphatic heterocycles. The number of urea groups is 1. The number of nitrogens with zero attached hydrogens (tertiary/aromatic N) is 2. The van der Waals surface area contributed by atoms with E-state index >= 15 is 0 Å². The summed E-state index contributed by atoms with van der Waals surface area (Å²) in [6.45, 7) is 4.46. The Morgan fingerprint density at radius 3 is 2.58 bits per heavy atom. The molecule has 2 rings (SSSR count). The minimum absolute atomic E-state index is 0.0172. The van der Waals surface area contributed by atoms with Gasteiger partial charge in [0.25, 0.3) is 0 Å². The van der Waals surface area contributed by atoms with Gasteiger partial charge in [0.2, 0.25) is 0 Å². The highest BCUT2D eigenvalue weighted by Gasteiger charge is 2.32. The van der Waals surface area contributed by atoms with Crippen LogP contribution in [0.3, 0.4) is 0 Å². The minimum Gasteiger partial charge on any atom is -0.481 e. The third-order valence-corrected chi connectivity index (χ3v) is 4.36. The Balaban J connectivity index is 1.80. The largest absolute Gasteiger partial charge is 0.481 e. The molecule has 19 heavy (non-hydrogen) atoms. The summed E-state index contributed by atoms with van der Waals surface area (Å²) in [5, 5.41) is 11.9. The van der Waals surface area contributed by atoms with Crippen LogP contribution in [0.1, 0.15) is 26.2 Å². The molecule has 0 radical (unpaired) electrons. The molecule has 6 heteroatoms. The Bertz CT molecular complexity index is 361. The molecule has 2 amide bonds. The Labute approximate surface area is 113 Å². The maximum absolute atomic E-state index is 12.1. The van der Waals surface area contributed by atoms with E-state index in [2.05, 4.69) is 24.2 Å². The zero-order chi connectivity index (χ0) is 14.0. The Morgan fingerprint density at radius 2 is 2.00 bits per heavy atom. The van der Waals surface area contributed by atoms with Gasteiger partial charge < -0.3 is 20.2 Å². The quantitative estimate of drug-likeness (QED) is 0.769. The van der Waals surface area contributed by atoms with E-state index in [0.717, 1.165) is 26.1 Å². The van der Waals surface area contributed by atoms with Crippen molar-refractivity contribution in [2.24, 2.45) is 5.92 Å². The van der Waals surface area contributed by atoms with Crippen LogP contribution in [0, 0.1) is 5.92 Å². The lowest BCUT2D eigenvalue weighted by Crippen LogP contribution is -2.55. The van der Waals surface area contributed by atoms with Crippen molar-refractivity contribution in [3.63, 3.8) is 0 Å². The van der Waals surface area contributed by atoms with Gasteiger partial charge in [-0.15, -0.1) is 0 Å². The highest BCUT2D eigenvalue weighted by atomic mass is 16.4. The highest BCUT2D eigenvalue weighted by molar-refractivity contribution is 5.75. The third-order valence-electron chi connectivity index (χ3n) is 4.36. The number of carboxylic acid groups (broad SMARTS) is 1. The van der Waals surface area contributed by atoms with Crippen LogP contribution >= 0.6 is 0 Å². The van der Waals surface area contributed by atoms with E-state index in [1.807, 2.05) is 4.90 Å². The molecule has 2 fully saturated rings. The molecule has 1 heterocycles. The first kappa shape index (κ1) is 14.1. The molecule has 0 spiro atoms. The predicted molar refractivity (Wildman–Crippen MR) is 71.0 cm³/mol. The van der Waals surface area contributed by atoms with Gasteiger partial charge in [-0.05, 0) is 33.2 Å². The van der Waals surface area contributed by atoms with Crippen LogP contribution in [0.5, 0.6) is 0 Å². The molecule has 3 unspecified atom stereocenters. The number of carbonyl (C=O) groups excluding carboxylic acids is 1. The van der Waals surface area contributed by atoms with Gasteiger partial charge in [-0.2, -0.15) is 0 Å². The van der Waals surface area contributed by atoms with Crippen LogP contribution in [-0.2, 0) is 4.79 Å². The molecule has 1 saturated heterocycles. The van der Waals surface area contributed by atoms with Gasteiger partial charge >= 0.3 is 12.0 Å². The van der Waals surface area contributed by atoms with Crippen LogP contribution in [0.25, 0.3) is 0 Å². The summed E-state index contributed by atoms with van der Waals surface area (Å²) in [5.41, 5.74) is 0. The molecular weight excluding hydrogens is 246 g/mol. The van der Waals surface area contributed by atoms with Crippen molar-refractivity contribution in [1.29, 1.82) is 0 Å². The molecule has 0 aromatic heterocycles. The molecule has 6 nitrogen and oxygen atoms in total. The molecule has 2 N–H and O–H groups in total. The molecule has 1 saturated carbocycles. The number of carbonyl (C=O) groups is 2. The van der Waals surface area contributed by atoms with Crippen molar-refractivity contribution < 1.29 is 14.7 Å². The van der Waals surface area contributed by atoms with Gasteiger partial charge in [-0.3, -0.25) is 4.79 Å². The normalized spacial score (nSPS) is 32.3. The van der Waals surface area contributed by atoms with E-state index in [1.54, 1.807) is 0 Å². The lowest BCUT2D eigenvalue weighted by atomic mass is 10.1. The molecule has 0 aromatic rings. The van der Waals surface area contributed by atoms with E-state index < -0.39 is 5.97 Å². The van der Waals surface area contributed by atoms with Crippen molar-refractivity contribution in [2.75, 3.05) is 26.7 Å². The minimum atomic E-state index is -0.745. The predicted octanol–water partition coefficient (Wildman–Crippen LogP) is 0.585. The molecule has 0 bridgehead atoms. The standard InChI is InChI=1S/C13H23N3O3/c1-9-8-16(6-5-15(9)2)13(19)14-11-4-3-10(7-11)12(17)18/h9-11H,3-8H2,1-2H3,(H,14,19)(H,17,18). The van der Waals surface area contributed by atoms with Crippen LogP contribution in [0.4, 0.5) is 4.79 Å². The van der Waals surface area contributed by atoms with Gasteiger partial charge in [-0.1, -0.05) is 0 Å². The summed E-state index contributed by atoms with van der Waals surface area (Å²) in [5.74, 6) is -1.04. The van der Waals surface area contributed by atoms with Crippen molar-refractivity contribution in [1.82, 2.24) is 15.1 Å². The van der Waals surface area contributed by atoms with Crippen molar-refractivity contribution >= 4 is 12.0 Å². The fraction of sp³-hybridized carbons (Fsp3) is 0.846. The van der Waals surface area contributed by atoms with E-state index in [9.17, 15) is 9.59 Å². The first-order valence-electron chi connectivity index (χ1n) is 6.96. The average Bonchev–Trinajstić information content (AvgIpc) is 2.81. The monoisotopic (exact) mass is 269 g/mol. The van der Waals surface area contributed by atoms with Crippen LogP contribution in [0.2, 0.25) is 0 Å². The SMILES string of the molecule is CC1CN(C(=O)NC2CCC(C(=O)O)C2)CCN1C. The molecule has 108 valence electrons. The van der Waals surface area contributed by atoms with Crippen molar-refractivity contribution in [2.45, 2.75) is 38.3 Å². The molecule has 3 atom stereocenters. The third kappa shape index (κ3) is 3.37. The first-order valence-corrected chi connectivity index (χ1v) is 6.96. The Morgan fingerprint density at radius 1 is 1.26 bits per heavy atom. The topological polar surface area (TPSA) is 72.9 Å². The molecule has 0 aromatic carbocycles. The second kappa shape index (κ2) is 5.77. The lowest BCUT2D eigenvalue weighted by molar-refractivity contribution is -0.141. The number of aliphatic carboxylic acids is 1. The number of amides is 2. The van der Waals surface area contributed by atoms with Gasteiger partial charge in [0, 0.05) is 31.7 Å². The van der Waals surface area contributed by atoms with Crippen molar-refractivity contribution in [3.05, 3.63) is 0 Å². The summed E-state index contributed by atoms with van der Waals surface area (Å²) in [7, 11) is 2.06. The number of hydrogen-bond acceptors (Lipinski definition) is 3. The summed E-state index contributed by atoms with van der Waals surface area (Å²) < 4.78 is 0. The number of rotatable bonds is 2. The number of carboxylic acids is 1. The number of nitrogens with one attached hydrogen (secondary N) is 1. The Hall–Kier alpha value is -1.30. The zero-order valence-electron chi connectivity index (χ0n) is 11.6. The van der Waals surface area contributed by atoms with E-state index in [4.69, 9.17) is 5.11 Å². The van der Waals surface area contributed by atoms with Crippen molar-refractivity contribution in [3.8, 4) is 0 Å². The Kier molecular flexibility index (Phi) is 4.29. The number of piperazine rings is 1. The first-order chi connectivity index (χ1) is 8.97. The van der Waals surface area contributed by atoms with Crippen LogP contribution in [0.15, 0.2) is 0 Å². The average molecular weight is 269 g/mol.